The number of aromatic nitrogens is 4. The van der Waals surface area contributed by atoms with Gasteiger partial charge < -0.3 is 14.5 Å². The Morgan fingerprint density at radius 3 is 2.49 bits per heavy atom. The number of ether oxygens (including phenoxy) is 1. The second kappa shape index (κ2) is 9.76. The third-order valence-corrected chi connectivity index (χ3v) is 6.46. The molecule has 2 aliphatic rings. The third kappa shape index (κ3) is 6.24. The average molecular weight is 505 g/mol. The number of nitrogens with zero attached hydrogens (tertiary/aromatic N) is 6. The molecular formula is C23H23F3N6O2S. The number of pyridine rings is 2. The fourth-order valence-corrected chi connectivity index (χ4v) is 4.42. The van der Waals surface area contributed by atoms with Gasteiger partial charge in [-0.05, 0) is 48.6 Å². The van der Waals surface area contributed by atoms with Crippen LogP contribution in [0.5, 0.6) is 5.75 Å². The smallest absolute Gasteiger partial charge is 0.397 e. The molecule has 1 amide bonds. The lowest BCUT2D eigenvalue weighted by atomic mass is 10.2. The molecule has 184 valence electrons. The molecule has 4 heterocycles. The van der Waals surface area contributed by atoms with Gasteiger partial charge in [0.25, 0.3) is 0 Å². The van der Waals surface area contributed by atoms with Crippen LogP contribution in [0, 0.1) is 0 Å². The Labute approximate surface area is 203 Å². The first-order valence-corrected chi connectivity index (χ1v) is 12.1. The Morgan fingerprint density at radius 2 is 1.86 bits per heavy atom. The summed E-state index contributed by atoms with van der Waals surface area (Å²) in [5.41, 5.74) is 2.38. The van der Waals surface area contributed by atoms with Crippen LogP contribution in [0.4, 0.5) is 18.9 Å². The zero-order valence-electron chi connectivity index (χ0n) is 18.7. The van der Waals surface area contributed by atoms with Crippen LogP contribution in [0.2, 0.25) is 0 Å². The van der Waals surface area contributed by atoms with Crippen molar-refractivity contribution in [3.05, 3.63) is 47.4 Å². The van der Waals surface area contributed by atoms with Crippen molar-refractivity contribution < 1.29 is 22.7 Å². The number of hydrogen-bond acceptors (Lipinski definition) is 8. The van der Waals surface area contributed by atoms with Gasteiger partial charge in [0.2, 0.25) is 5.91 Å². The van der Waals surface area contributed by atoms with Gasteiger partial charge in [-0.3, -0.25) is 9.78 Å². The number of anilines is 1. The number of rotatable bonds is 7. The van der Waals surface area contributed by atoms with E-state index in [9.17, 15) is 18.0 Å². The number of piperazine rings is 1. The SMILES string of the molecule is O=C(CC(F)(F)F)N1CCN(c2ccc(Cc3nc(-c4ccc(OC5CC5)cn4)ns3)nc2)CC1. The van der Waals surface area contributed by atoms with Crippen LogP contribution in [0.1, 0.15) is 30.0 Å². The fourth-order valence-electron chi connectivity index (χ4n) is 3.75. The van der Waals surface area contributed by atoms with Gasteiger partial charge in [-0.2, -0.15) is 17.5 Å². The summed E-state index contributed by atoms with van der Waals surface area (Å²) in [6.07, 6.45) is 0.585. The molecule has 3 aromatic heterocycles. The molecule has 0 aromatic carbocycles. The number of halogens is 3. The molecule has 1 aliphatic heterocycles. The van der Waals surface area contributed by atoms with Crippen LogP contribution < -0.4 is 9.64 Å². The Kier molecular flexibility index (Phi) is 6.54. The normalized spacial score (nSPS) is 16.4. The molecule has 0 radical (unpaired) electrons. The van der Waals surface area contributed by atoms with Gasteiger partial charge in [-0.1, -0.05) is 0 Å². The second-order valence-electron chi connectivity index (χ2n) is 8.55. The van der Waals surface area contributed by atoms with Gasteiger partial charge in [0.1, 0.15) is 22.9 Å². The van der Waals surface area contributed by atoms with Crippen molar-refractivity contribution >= 4 is 23.1 Å². The van der Waals surface area contributed by atoms with Crippen molar-refractivity contribution in [3.8, 4) is 17.3 Å². The Bertz CT molecular complexity index is 1160. The average Bonchev–Trinajstić information content (AvgIpc) is 3.53. The fraction of sp³-hybridized carbons (Fsp3) is 0.435. The van der Waals surface area contributed by atoms with Gasteiger partial charge >= 0.3 is 6.18 Å². The molecule has 3 aromatic rings. The minimum absolute atomic E-state index is 0.256. The number of hydrogen-bond donors (Lipinski definition) is 0. The lowest BCUT2D eigenvalue weighted by Crippen LogP contribution is -2.49. The van der Waals surface area contributed by atoms with E-state index in [1.165, 1.54) is 16.4 Å². The zero-order valence-corrected chi connectivity index (χ0v) is 19.6. The van der Waals surface area contributed by atoms with Crippen molar-refractivity contribution in [1.29, 1.82) is 0 Å². The molecule has 1 saturated carbocycles. The highest BCUT2D eigenvalue weighted by molar-refractivity contribution is 7.05. The number of amides is 1. The van der Waals surface area contributed by atoms with Crippen molar-refractivity contribution in [2.24, 2.45) is 0 Å². The Morgan fingerprint density at radius 1 is 1.06 bits per heavy atom. The summed E-state index contributed by atoms with van der Waals surface area (Å²) in [7, 11) is 0. The minimum atomic E-state index is -4.48. The predicted molar refractivity (Wildman–Crippen MR) is 123 cm³/mol. The predicted octanol–water partition coefficient (Wildman–Crippen LogP) is 3.73. The van der Waals surface area contributed by atoms with Crippen LogP contribution in [0.3, 0.4) is 0 Å². The van der Waals surface area contributed by atoms with Crippen LogP contribution in [-0.4, -0.2) is 68.6 Å². The standard InChI is InChI=1S/C23H23F3N6O2S/c24-23(25,26)12-21(33)32-9-7-31(8-10-32)16-2-1-15(27-13-16)11-20-29-22(30-35-20)19-6-5-18(14-28-19)34-17-3-4-17/h1-2,5-6,13-14,17H,3-4,7-12H2. The van der Waals surface area contributed by atoms with E-state index >= 15 is 0 Å². The Balaban J connectivity index is 1.14. The summed E-state index contributed by atoms with van der Waals surface area (Å²) in [6, 6.07) is 7.57. The van der Waals surface area contributed by atoms with Crippen molar-refractivity contribution in [3.63, 3.8) is 0 Å². The topological polar surface area (TPSA) is 84.3 Å². The summed E-state index contributed by atoms with van der Waals surface area (Å²) in [5.74, 6) is 0.447. The van der Waals surface area contributed by atoms with Gasteiger partial charge in [0.15, 0.2) is 5.82 Å². The molecule has 0 bridgehead atoms. The van der Waals surface area contributed by atoms with Crippen LogP contribution in [0.15, 0.2) is 36.7 Å². The highest BCUT2D eigenvalue weighted by atomic mass is 32.1. The second-order valence-corrected chi connectivity index (χ2v) is 9.39. The lowest BCUT2D eigenvalue weighted by molar-refractivity contribution is -0.161. The highest BCUT2D eigenvalue weighted by Crippen LogP contribution is 2.27. The van der Waals surface area contributed by atoms with Gasteiger partial charge in [-0.25, -0.2) is 9.97 Å². The van der Waals surface area contributed by atoms with Crippen molar-refractivity contribution in [2.45, 2.75) is 38.0 Å². The molecule has 0 unspecified atom stereocenters. The molecule has 1 saturated heterocycles. The van der Waals surface area contributed by atoms with Crippen LogP contribution >= 0.6 is 11.5 Å². The summed E-state index contributed by atoms with van der Waals surface area (Å²) >= 11 is 1.30. The lowest BCUT2D eigenvalue weighted by Gasteiger charge is -2.36. The first-order valence-electron chi connectivity index (χ1n) is 11.3. The van der Waals surface area contributed by atoms with E-state index in [-0.39, 0.29) is 13.1 Å². The number of carbonyl (C=O) groups excluding carboxylic acids is 1. The maximum absolute atomic E-state index is 12.5. The van der Waals surface area contributed by atoms with E-state index in [1.807, 2.05) is 29.2 Å². The van der Waals surface area contributed by atoms with E-state index in [4.69, 9.17) is 4.74 Å². The van der Waals surface area contributed by atoms with E-state index < -0.39 is 18.5 Å². The van der Waals surface area contributed by atoms with Crippen LogP contribution in [-0.2, 0) is 11.2 Å². The monoisotopic (exact) mass is 504 g/mol. The number of carbonyl (C=O) groups is 1. The molecule has 0 N–H and O–H groups in total. The van der Waals surface area contributed by atoms with Gasteiger partial charge in [0, 0.05) is 38.3 Å². The minimum Gasteiger partial charge on any atom is -0.489 e. The van der Waals surface area contributed by atoms with Gasteiger partial charge in [-0.15, -0.1) is 0 Å². The molecule has 12 heteroatoms. The molecule has 5 rings (SSSR count). The number of alkyl halides is 3. The quantitative estimate of drug-likeness (QED) is 0.485. The largest absolute Gasteiger partial charge is 0.489 e. The molecule has 1 aliphatic carbocycles. The van der Waals surface area contributed by atoms with E-state index in [0.29, 0.717) is 37.1 Å². The molecule has 2 fully saturated rings. The first kappa shape index (κ1) is 23.5. The molecule has 0 atom stereocenters. The summed E-state index contributed by atoms with van der Waals surface area (Å²) in [4.78, 5) is 28.6. The molecule has 0 spiro atoms. The third-order valence-electron chi connectivity index (χ3n) is 5.75. The van der Waals surface area contributed by atoms with Crippen molar-refractivity contribution in [2.75, 3.05) is 31.1 Å². The van der Waals surface area contributed by atoms with Crippen LogP contribution in [0.25, 0.3) is 11.5 Å². The van der Waals surface area contributed by atoms with E-state index in [0.717, 1.165) is 35.0 Å². The summed E-state index contributed by atoms with van der Waals surface area (Å²) in [5, 5.41) is 0.817. The molecule has 8 nitrogen and oxygen atoms in total. The Hall–Kier alpha value is -3.28. The highest BCUT2D eigenvalue weighted by Gasteiger charge is 2.34. The zero-order chi connectivity index (χ0) is 24.4. The van der Waals surface area contributed by atoms with E-state index in [2.05, 4.69) is 19.3 Å². The maximum atomic E-state index is 12.5. The maximum Gasteiger partial charge on any atom is 0.397 e. The summed E-state index contributed by atoms with van der Waals surface area (Å²) in [6.45, 7) is 1.43. The van der Waals surface area contributed by atoms with Gasteiger partial charge in [0.05, 0.1) is 24.2 Å². The molecular weight excluding hydrogens is 481 g/mol. The summed E-state index contributed by atoms with van der Waals surface area (Å²) < 4.78 is 47.5. The first-order chi connectivity index (χ1) is 16.8. The molecule has 35 heavy (non-hydrogen) atoms. The van der Waals surface area contributed by atoms with E-state index in [1.54, 1.807) is 12.4 Å². The van der Waals surface area contributed by atoms with Crippen molar-refractivity contribution in [1.82, 2.24) is 24.2 Å².